The van der Waals surface area contributed by atoms with E-state index in [-0.39, 0.29) is 5.38 Å². The number of halogens is 1. The second-order valence-corrected chi connectivity index (χ2v) is 4.95. The molecule has 1 aromatic rings. The van der Waals surface area contributed by atoms with Crippen molar-refractivity contribution in [2.75, 3.05) is 21.3 Å². The quantitative estimate of drug-likeness (QED) is 0.619. The molecular weight excluding hydrogens is 252 g/mol. The first-order chi connectivity index (χ1) is 8.72. The summed E-state index contributed by atoms with van der Waals surface area (Å²) >= 11 is 6.45. The summed E-state index contributed by atoms with van der Waals surface area (Å²) in [6, 6.07) is 1.99. The van der Waals surface area contributed by atoms with Gasteiger partial charge in [-0.25, -0.2) is 0 Å². The molecule has 0 bridgehead atoms. The van der Waals surface area contributed by atoms with Crippen molar-refractivity contribution in [2.45, 2.75) is 31.1 Å². The van der Waals surface area contributed by atoms with Crippen molar-refractivity contribution < 1.29 is 14.2 Å². The number of hydrogen-bond acceptors (Lipinski definition) is 3. The lowest BCUT2D eigenvalue weighted by Crippen LogP contribution is -2.03. The highest BCUT2D eigenvalue weighted by Gasteiger charge is 2.25. The molecule has 3 nitrogen and oxygen atoms in total. The van der Waals surface area contributed by atoms with Crippen molar-refractivity contribution in [3.8, 4) is 17.2 Å². The predicted octanol–water partition coefficient (Wildman–Crippen LogP) is 3.72. The van der Waals surface area contributed by atoms with Gasteiger partial charge in [-0.1, -0.05) is 6.42 Å². The Balaban J connectivity index is 2.64. The Morgan fingerprint density at radius 1 is 1.06 bits per heavy atom. The van der Waals surface area contributed by atoms with Crippen LogP contribution in [-0.4, -0.2) is 21.3 Å². The van der Waals surface area contributed by atoms with E-state index in [9.17, 15) is 0 Å². The number of ether oxygens (including phenoxy) is 3. The molecule has 1 aliphatic rings. The Kier molecular flexibility index (Phi) is 4.23. The Hall–Kier alpha value is -1.09. The molecule has 0 aliphatic heterocycles. The normalized spacial score (nSPS) is 18.8. The van der Waals surface area contributed by atoms with Gasteiger partial charge in [0.05, 0.1) is 26.7 Å². The van der Waals surface area contributed by atoms with E-state index in [1.165, 1.54) is 0 Å². The van der Waals surface area contributed by atoms with Crippen LogP contribution in [0.4, 0.5) is 0 Å². The zero-order chi connectivity index (χ0) is 13.1. The maximum absolute atomic E-state index is 6.45. The minimum Gasteiger partial charge on any atom is -0.493 e. The van der Waals surface area contributed by atoms with Gasteiger partial charge in [-0.15, -0.1) is 11.6 Å². The van der Waals surface area contributed by atoms with E-state index in [1.807, 2.05) is 6.07 Å². The molecule has 1 aromatic carbocycles. The monoisotopic (exact) mass is 270 g/mol. The minimum atomic E-state index is 0.0243. The molecule has 0 radical (unpaired) electrons. The van der Waals surface area contributed by atoms with Crippen LogP contribution in [-0.2, 0) is 6.42 Å². The van der Waals surface area contributed by atoms with Gasteiger partial charge in [-0.3, -0.25) is 0 Å². The lowest BCUT2D eigenvalue weighted by Gasteiger charge is -2.19. The highest BCUT2D eigenvalue weighted by atomic mass is 35.5. The van der Waals surface area contributed by atoms with Gasteiger partial charge in [0.15, 0.2) is 11.5 Å². The summed E-state index contributed by atoms with van der Waals surface area (Å²) in [7, 11) is 4.91. The lowest BCUT2D eigenvalue weighted by atomic mass is 10.00. The molecule has 0 N–H and O–H groups in total. The van der Waals surface area contributed by atoms with Crippen LogP contribution in [0.2, 0.25) is 0 Å². The molecule has 4 heteroatoms. The average molecular weight is 271 g/mol. The predicted molar refractivity (Wildman–Crippen MR) is 72.2 cm³/mol. The summed E-state index contributed by atoms with van der Waals surface area (Å²) in [6.45, 7) is 0. The number of alkyl halides is 1. The third-order valence-corrected chi connectivity index (χ3v) is 3.89. The van der Waals surface area contributed by atoms with E-state index in [0.29, 0.717) is 11.5 Å². The van der Waals surface area contributed by atoms with Gasteiger partial charge >= 0.3 is 0 Å². The van der Waals surface area contributed by atoms with E-state index in [2.05, 4.69) is 0 Å². The highest BCUT2D eigenvalue weighted by Crippen LogP contribution is 2.47. The summed E-state index contributed by atoms with van der Waals surface area (Å²) in [6.07, 6.45) is 4.23. The number of fused-ring (bicyclic) bond motifs is 1. The number of rotatable bonds is 3. The van der Waals surface area contributed by atoms with E-state index in [1.54, 1.807) is 21.3 Å². The Morgan fingerprint density at radius 2 is 1.78 bits per heavy atom. The molecule has 0 saturated heterocycles. The van der Waals surface area contributed by atoms with Crippen LogP contribution in [0, 0.1) is 0 Å². The van der Waals surface area contributed by atoms with Crippen LogP contribution >= 0.6 is 11.6 Å². The van der Waals surface area contributed by atoms with E-state index < -0.39 is 0 Å². The van der Waals surface area contributed by atoms with Gasteiger partial charge in [-0.05, 0) is 30.9 Å². The molecule has 0 amide bonds. The van der Waals surface area contributed by atoms with E-state index in [0.717, 1.165) is 42.6 Å². The third kappa shape index (κ3) is 2.24. The molecule has 0 saturated carbocycles. The third-order valence-electron chi connectivity index (χ3n) is 3.44. The molecule has 1 unspecified atom stereocenters. The smallest absolute Gasteiger partial charge is 0.203 e. The zero-order valence-electron chi connectivity index (χ0n) is 11.1. The first-order valence-electron chi connectivity index (χ1n) is 6.18. The van der Waals surface area contributed by atoms with Gasteiger partial charge in [-0.2, -0.15) is 0 Å². The van der Waals surface area contributed by atoms with Crippen molar-refractivity contribution in [1.29, 1.82) is 0 Å². The van der Waals surface area contributed by atoms with E-state index in [4.69, 9.17) is 25.8 Å². The molecule has 2 rings (SSSR count). The molecule has 1 atom stereocenters. The first kappa shape index (κ1) is 13.3. The largest absolute Gasteiger partial charge is 0.493 e. The number of hydrogen-bond donors (Lipinski definition) is 0. The molecule has 0 aromatic heterocycles. The second-order valence-electron chi connectivity index (χ2n) is 4.43. The van der Waals surface area contributed by atoms with Crippen molar-refractivity contribution in [3.05, 3.63) is 17.2 Å². The fourth-order valence-electron chi connectivity index (χ4n) is 2.55. The first-order valence-corrected chi connectivity index (χ1v) is 6.62. The van der Waals surface area contributed by atoms with Crippen LogP contribution in [0.1, 0.15) is 35.8 Å². The summed E-state index contributed by atoms with van der Waals surface area (Å²) in [5, 5.41) is 0.0243. The highest BCUT2D eigenvalue weighted by molar-refractivity contribution is 6.21. The molecule has 0 heterocycles. The average Bonchev–Trinajstić information content (AvgIpc) is 2.58. The van der Waals surface area contributed by atoms with Gasteiger partial charge < -0.3 is 14.2 Å². The number of methoxy groups -OCH3 is 3. The Morgan fingerprint density at radius 3 is 2.39 bits per heavy atom. The SMILES string of the molecule is COc1cc2c(c(OC)c1OC)CCCCC2Cl. The molecule has 18 heavy (non-hydrogen) atoms. The molecule has 0 fully saturated rings. The fourth-order valence-corrected chi connectivity index (χ4v) is 2.90. The fraction of sp³-hybridized carbons (Fsp3) is 0.571. The topological polar surface area (TPSA) is 27.7 Å². The van der Waals surface area contributed by atoms with Crippen molar-refractivity contribution in [1.82, 2.24) is 0 Å². The van der Waals surface area contributed by atoms with E-state index >= 15 is 0 Å². The molecule has 100 valence electrons. The van der Waals surface area contributed by atoms with Crippen molar-refractivity contribution in [3.63, 3.8) is 0 Å². The Bertz CT molecular complexity index is 432. The standard InChI is InChI=1S/C14H19ClO3/c1-16-12-8-10-9(6-4-5-7-11(10)15)13(17-2)14(12)18-3/h8,11H,4-7H2,1-3H3. The molecule has 0 spiro atoms. The second kappa shape index (κ2) is 5.70. The van der Waals surface area contributed by atoms with Crippen LogP contribution in [0.15, 0.2) is 6.07 Å². The van der Waals surface area contributed by atoms with Crippen LogP contribution < -0.4 is 14.2 Å². The zero-order valence-corrected chi connectivity index (χ0v) is 11.8. The lowest BCUT2D eigenvalue weighted by molar-refractivity contribution is 0.321. The van der Waals surface area contributed by atoms with Gasteiger partial charge in [0.1, 0.15) is 0 Å². The minimum absolute atomic E-state index is 0.0243. The summed E-state index contributed by atoms with van der Waals surface area (Å²) in [5.74, 6) is 2.10. The van der Waals surface area contributed by atoms with Crippen molar-refractivity contribution in [2.24, 2.45) is 0 Å². The van der Waals surface area contributed by atoms with Crippen LogP contribution in [0.5, 0.6) is 17.2 Å². The summed E-state index contributed by atoms with van der Waals surface area (Å²) in [5.41, 5.74) is 2.27. The van der Waals surface area contributed by atoms with Crippen LogP contribution in [0.25, 0.3) is 0 Å². The van der Waals surface area contributed by atoms with Crippen LogP contribution in [0.3, 0.4) is 0 Å². The summed E-state index contributed by atoms with van der Waals surface area (Å²) < 4.78 is 16.3. The van der Waals surface area contributed by atoms with Gasteiger partial charge in [0.25, 0.3) is 0 Å². The van der Waals surface area contributed by atoms with Gasteiger partial charge in [0.2, 0.25) is 5.75 Å². The maximum atomic E-state index is 6.45. The van der Waals surface area contributed by atoms with Gasteiger partial charge in [0, 0.05) is 5.56 Å². The Labute approximate surface area is 113 Å². The van der Waals surface area contributed by atoms with Crippen molar-refractivity contribution >= 4 is 11.6 Å². The maximum Gasteiger partial charge on any atom is 0.203 e. The number of benzene rings is 1. The molecular formula is C14H19ClO3. The summed E-state index contributed by atoms with van der Waals surface area (Å²) in [4.78, 5) is 0. The molecule has 1 aliphatic carbocycles.